The van der Waals surface area contributed by atoms with E-state index in [2.05, 4.69) is 21.2 Å². The van der Waals surface area contributed by atoms with E-state index in [1.807, 2.05) is 31.2 Å². The van der Waals surface area contributed by atoms with Gasteiger partial charge in [0, 0.05) is 21.6 Å². The second-order valence-electron chi connectivity index (χ2n) is 4.86. The van der Waals surface area contributed by atoms with Crippen molar-refractivity contribution in [3.8, 4) is 0 Å². The van der Waals surface area contributed by atoms with E-state index in [-0.39, 0.29) is 6.04 Å². The summed E-state index contributed by atoms with van der Waals surface area (Å²) in [6, 6.07) is 10.8. The Morgan fingerprint density at radius 2 is 1.76 bits per heavy atom. The predicted molar refractivity (Wildman–Crippen MR) is 82.3 cm³/mol. The zero-order valence-corrected chi connectivity index (χ0v) is 12.7. The Hall–Kier alpha value is -1.88. The Balaban J connectivity index is 1.87. The normalized spacial score (nSPS) is 12.6. The zero-order valence-electron chi connectivity index (χ0n) is 11.2. The highest BCUT2D eigenvalue weighted by atomic mass is 79.9. The lowest BCUT2D eigenvalue weighted by atomic mass is 10.2. The molecule has 0 aliphatic heterocycles. The van der Waals surface area contributed by atoms with Crippen LogP contribution in [0.2, 0.25) is 0 Å². The molecule has 1 heterocycles. The Morgan fingerprint density at radius 1 is 1.05 bits per heavy atom. The third-order valence-electron chi connectivity index (χ3n) is 3.17. The summed E-state index contributed by atoms with van der Waals surface area (Å²) in [6.07, 6.45) is 0. The fourth-order valence-corrected chi connectivity index (χ4v) is 2.59. The second-order valence-corrected chi connectivity index (χ2v) is 5.77. The van der Waals surface area contributed by atoms with E-state index in [0.29, 0.717) is 11.4 Å². The van der Waals surface area contributed by atoms with E-state index in [9.17, 15) is 8.78 Å². The van der Waals surface area contributed by atoms with Crippen molar-refractivity contribution in [2.24, 2.45) is 0 Å². The van der Waals surface area contributed by atoms with E-state index in [1.165, 1.54) is 12.1 Å². The van der Waals surface area contributed by atoms with E-state index < -0.39 is 11.6 Å². The molecule has 0 fully saturated rings. The number of rotatable bonds is 3. The molecule has 0 spiro atoms. The van der Waals surface area contributed by atoms with Crippen LogP contribution in [-0.2, 0) is 0 Å². The van der Waals surface area contributed by atoms with Crippen molar-refractivity contribution in [1.29, 1.82) is 0 Å². The van der Waals surface area contributed by atoms with Gasteiger partial charge in [0.25, 0.3) is 0 Å². The largest absolute Gasteiger partial charge is 0.459 e. The van der Waals surface area contributed by atoms with Gasteiger partial charge in [0.15, 0.2) is 0 Å². The molecule has 1 aromatic heterocycles. The smallest absolute Gasteiger partial charge is 0.134 e. The lowest BCUT2D eigenvalue weighted by Crippen LogP contribution is -2.06. The van der Waals surface area contributed by atoms with Gasteiger partial charge in [-0.3, -0.25) is 0 Å². The first-order valence-corrected chi connectivity index (χ1v) is 7.22. The maximum Gasteiger partial charge on any atom is 0.134 e. The van der Waals surface area contributed by atoms with E-state index >= 15 is 0 Å². The van der Waals surface area contributed by atoms with Crippen LogP contribution >= 0.6 is 15.9 Å². The van der Waals surface area contributed by atoms with Crippen molar-refractivity contribution in [2.45, 2.75) is 13.0 Å². The van der Waals surface area contributed by atoms with Gasteiger partial charge in [0.1, 0.15) is 23.0 Å². The van der Waals surface area contributed by atoms with Gasteiger partial charge in [-0.25, -0.2) is 8.78 Å². The topological polar surface area (TPSA) is 25.2 Å². The molecule has 2 aromatic carbocycles. The highest BCUT2D eigenvalue weighted by Crippen LogP contribution is 2.28. The summed E-state index contributed by atoms with van der Waals surface area (Å²) in [6.45, 7) is 1.87. The molecule has 1 N–H and O–H groups in total. The van der Waals surface area contributed by atoms with Crippen molar-refractivity contribution in [3.05, 3.63) is 64.3 Å². The quantitative estimate of drug-likeness (QED) is 0.659. The van der Waals surface area contributed by atoms with Gasteiger partial charge in [-0.15, -0.1) is 0 Å². The van der Waals surface area contributed by atoms with Crippen LogP contribution in [0.15, 0.2) is 51.4 Å². The maximum atomic E-state index is 13.2. The minimum Gasteiger partial charge on any atom is -0.459 e. The molecule has 1 unspecified atom stereocenters. The summed E-state index contributed by atoms with van der Waals surface area (Å²) in [5.74, 6) is -0.524. The van der Waals surface area contributed by atoms with Crippen LogP contribution in [0.1, 0.15) is 18.7 Å². The fourth-order valence-electron chi connectivity index (χ4n) is 2.21. The van der Waals surface area contributed by atoms with E-state index in [0.717, 1.165) is 21.5 Å². The molecule has 2 nitrogen and oxygen atoms in total. The molecule has 108 valence electrons. The van der Waals surface area contributed by atoms with Gasteiger partial charge in [0.2, 0.25) is 0 Å². The Morgan fingerprint density at radius 3 is 2.48 bits per heavy atom. The molecule has 0 saturated carbocycles. The number of benzene rings is 2. The molecular formula is C16H12BrF2NO. The molecule has 5 heteroatoms. The van der Waals surface area contributed by atoms with Gasteiger partial charge in [-0.1, -0.05) is 15.9 Å². The minimum absolute atomic E-state index is 0.211. The fraction of sp³-hybridized carbons (Fsp3) is 0.125. The summed E-state index contributed by atoms with van der Waals surface area (Å²) in [5, 5.41) is 4.00. The van der Waals surface area contributed by atoms with E-state index in [1.54, 1.807) is 0 Å². The molecule has 0 aliphatic carbocycles. The minimum atomic E-state index is -0.613. The third-order valence-corrected chi connectivity index (χ3v) is 3.66. The average Bonchev–Trinajstić information content (AvgIpc) is 2.80. The van der Waals surface area contributed by atoms with Crippen molar-refractivity contribution in [3.63, 3.8) is 0 Å². The van der Waals surface area contributed by atoms with Gasteiger partial charge < -0.3 is 9.73 Å². The Labute approximate surface area is 128 Å². The van der Waals surface area contributed by atoms with Gasteiger partial charge in [0.05, 0.1) is 6.04 Å². The van der Waals surface area contributed by atoms with Gasteiger partial charge in [-0.2, -0.15) is 0 Å². The van der Waals surface area contributed by atoms with Crippen LogP contribution in [0, 0.1) is 11.6 Å². The second kappa shape index (κ2) is 5.48. The van der Waals surface area contributed by atoms with Crippen LogP contribution < -0.4 is 5.32 Å². The monoisotopic (exact) mass is 351 g/mol. The molecule has 0 radical (unpaired) electrons. The summed E-state index contributed by atoms with van der Waals surface area (Å²) >= 11 is 3.41. The van der Waals surface area contributed by atoms with Crippen molar-refractivity contribution in [2.75, 3.05) is 5.32 Å². The lowest BCUT2D eigenvalue weighted by molar-refractivity contribution is 0.525. The van der Waals surface area contributed by atoms with Crippen LogP contribution in [0.5, 0.6) is 0 Å². The van der Waals surface area contributed by atoms with Gasteiger partial charge in [-0.05, 0) is 43.3 Å². The van der Waals surface area contributed by atoms with Gasteiger partial charge >= 0.3 is 0 Å². The summed E-state index contributed by atoms with van der Waals surface area (Å²) in [7, 11) is 0. The number of nitrogens with one attached hydrogen (secondary N) is 1. The standard InChI is InChI=1S/C16H12BrF2NO/c1-9(20-14-7-12(18)6-13(19)8-14)16-5-10-4-11(17)2-3-15(10)21-16/h2-9,20H,1H3. The molecule has 0 aliphatic rings. The maximum absolute atomic E-state index is 13.2. The van der Waals surface area contributed by atoms with Crippen molar-refractivity contribution in [1.82, 2.24) is 0 Å². The lowest BCUT2D eigenvalue weighted by Gasteiger charge is -2.12. The SMILES string of the molecule is CC(Nc1cc(F)cc(F)c1)c1cc2cc(Br)ccc2o1. The molecule has 1 atom stereocenters. The molecule has 3 rings (SSSR count). The highest BCUT2D eigenvalue weighted by Gasteiger charge is 2.12. The average molecular weight is 352 g/mol. The number of hydrogen-bond donors (Lipinski definition) is 1. The molecule has 0 bridgehead atoms. The van der Waals surface area contributed by atoms with Crippen LogP contribution in [0.25, 0.3) is 11.0 Å². The Bertz CT molecular complexity index is 780. The molecule has 21 heavy (non-hydrogen) atoms. The number of fused-ring (bicyclic) bond motifs is 1. The third kappa shape index (κ3) is 3.08. The summed E-state index contributed by atoms with van der Waals surface area (Å²) in [5.41, 5.74) is 1.15. The summed E-state index contributed by atoms with van der Waals surface area (Å²) < 4.78 is 33.1. The highest BCUT2D eigenvalue weighted by molar-refractivity contribution is 9.10. The predicted octanol–water partition coefficient (Wildman–Crippen LogP) is 5.65. The molecule has 0 amide bonds. The number of halogens is 3. The first-order chi connectivity index (χ1) is 10.0. The number of hydrogen-bond acceptors (Lipinski definition) is 2. The van der Waals surface area contributed by atoms with E-state index in [4.69, 9.17) is 4.42 Å². The molecule has 3 aromatic rings. The first-order valence-electron chi connectivity index (χ1n) is 6.43. The number of anilines is 1. The zero-order chi connectivity index (χ0) is 15.0. The van der Waals surface area contributed by atoms with Crippen molar-refractivity contribution >= 4 is 32.6 Å². The first kappa shape index (κ1) is 14.1. The van der Waals surface area contributed by atoms with Crippen LogP contribution in [0.4, 0.5) is 14.5 Å². The Kier molecular flexibility index (Phi) is 3.68. The molecule has 0 saturated heterocycles. The van der Waals surface area contributed by atoms with Crippen LogP contribution in [-0.4, -0.2) is 0 Å². The van der Waals surface area contributed by atoms with Crippen LogP contribution in [0.3, 0.4) is 0 Å². The molecular weight excluding hydrogens is 340 g/mol. The number of furan rings is 1. The summed E-state index contributed by atoms with van der Waals surface area (Å²) in [4.78, 5) is 0. The van der Waals surface area contributed by atoms with Crippen molar-refractivity contribution < 1.29 is 13.2 Å².